The lowest BCUT2D eigenvalue weighted by atomic mass is 9.95. The lowest BCUT2D eigenvalue weighted by Crippen LogP contribution is -2.46. The number of hydrogen-bond acceptors (Lipinski definition) is 3. The fourth-order valence-electron chi connectivity index (χ4n) is 3.18. The standard InChI is InChI=1S/C18H28FN3O2S.HI/c1-3-25(24)16-6-4-5-15(10-16)22-18(20-2)21-11-13-7-8-17(19)14(9-13)12-23;/h7-9,15-16,23H,3-6,10-12H2,1-2H3,(H2,20,21,22);1H. The number of aliphatic hydroxyl groups excluding tert-OH is 1. The number of halogens is 2. The maximum absolute atomic E-state index is 13.4. The molecule has 0 radical (unpaired) electrons. The molecule has 0 spiro atoms. The Kier molecular flexibility index (Phi) is 10.6. The molecule has 2 rings (SSSR count). The van der Waals surface area contributed by atoms with Gasteiger partial charge >= 0.3 is 0 Å². The molecule has 0 heterocycles. The van der Waals surface area contributed by atoms with Gasteiger partial charge in [0.15, 0.2) is 5.96 Å². The molecule has 0 aromatic heterocycles. The van der Waals surface area contributed by atoms with Crippen molar-refractivity contribution in [2.24, 2.45) is 4.99 Å². The van der Waals surface area contributed by atoms with Crippen molar-refractivity contribution < 1.29 is 13.7 Å². The van der Waals surface area contributed by atoms with E-state index in [-0.39, 0.29) is 41.9 Å². The molecule has 0 saturated heterocycles. The minimum absolute atomic E-state index is 0. The molecule has 3 N–H and O–H groups in total. The van der Waals surface area contributed by atoms with Crippen LogP contribution in [0.4, 0.5) is 4.39 Å². The molecule has 148 valence electrons. The number of benzene rings is 1. The van der Waals surface area contributed by atoms with Crippen molar-refractivity contribution in [3.05, 3.63) is 35.1 Å². The van der Waals surface area contributed by atoms with E-state index in [0.29, 0.717) is 23.8 Å². The van der Waals surface area contributed by atoms with Gasteiger partial charge in [-0.1, -0.05) is 19.4 Å². The van der Waals surface area contributed by atoms with Crippen molar-refractivity contribution in [1.29, 1.82) is 0 Å². The molecule has 26 heavy (non-hydrogen) atoms. The Morgan fingerprint density at radius 1 is 1.42 bits per heavy atom. The Morgan fingerprint density at radius 2 is 2.19 bits per heavy atom. The van der Waals surface area contributed by atoms with Gasteiger partial charge in [0.1, 0.15) is 5.82 Å². The SMILES string of the molecule is CCS(=O)C1CCCC(NC(=NC)NCc2ccc(F)c(CO)c2)C1.I. The molecule has 3 unspecified atom stereocenters. The Hall–Kier alpha value is -0.740. The monoisotopic (exact) mass is 497 g/mol. The molecule has 0 amide bonds. The molecule has 1 aliphatic rings. The van der Waals surface area contributed by atoms with Gasteiger partial charge in [0.25, 0.3) is 0 Å². The van der Waals surface area contributed by atoms with Crippen LogP contribution >= 0.6 is 24.0 Å². The normalized spacial score (nSPS) is 21.6. The molecule has 1 aliphatic carbocycles. The summed E-state index contributed by atoms with van der Waals surface area (Å²) in [5, 5.41) is 16.0. The van der Waals surface area contributed by atoms with Crippen LogP contribution in [0.3, 0.4) is 0 Å². The minimum atomic E-state index is -0.750. The summed E-state index contributed by atoms with van der Waals surface area (Å²) < 4.78 is 25.5. The summed E-state index contributed by atoms with van der Waals surface area (Å²) in [5.41, 5.74) is 1.17. The number of nitrogens with one attached hydrogen (secondary N) is 2. The third-order valence-corrected chi connectivity index (χ3v) is 6.33. The van der Waals surface area contributed by atoms with Crippen molar-refractivity contribution >= 4 is 40.7 Å². The highest BCUT2D eigenvalue weighted by Gasteiger charge is 2.26. The van der Waals surface area contributed by atoms with E-state index in [9.17, 15) is 8.60 Å². The number of nitrogens with zero attached hydrogens (tertiary/aromatic N) is 1. The second kappa shape index (κ2) is 11.9. The van der Waals surface area contributed by atoms with Crippen molar-refractivity contribution in [3.63, 3.8) is 0 Å². The summed E-state index contributed by atoms with van der Waals surface area (Å²) in [6.45, 7) is 2.14. The second-order valence-corrected chi connectivity index (χ2v) is 8.31. The quantitative estimate of drug-likeness (QED) is 0.321. The third kappa shape index (κ3) is 6.77. The van der Waals surface area contributed by atoms with E-state index in [1.165, 1.54) is 6.07 Å². The van der Waals surface area contributed by atoms with Gasteiger partial charge in [-0.2, -0.15) is 0 Å². The first kappa shape index (κ1) is 23.3. The van der Waals surface area contributed by atoms with E-state index >= 15 is 0 Å². The van der Waals surface area contributed by atoms with Crippen molar-refractivity contribution in [3.8, 4) is 0 Å². The topological polar surface area (TPSA) is 73.7 Å². The Balaban J connectivity index is 0.00000338. The van der Waals surface area contributed by atoms with Crippen molar-refractivity contribution in [2.45, 2.75) is 57.1 Å². The average Bonchev–Trinajstić information content (AvgIpc) is 2.65. The molecule has 0 bridgehead atoms. The molecule has 8 heteroatoms. The maximum atomic E-state index is 13.4. The van der Waals surface area contributed by atoms with Gasteiger partial charge in [-0.15, -0.1) is 24.0 Å². The van der Waals surface area contributed by atoms with E-state index in [1.54, 1.807) is 19.2 Å². The summed E-state index contributed by atoms with van der Waals surface area (Å²) in [4.78, 5) is 4.24. The number of guanidine groups is 1. The number of rotatable bonds is 6. The first-order chi connectivity index (χ1) is 12.1. The molecule has 5 nitrogen and oxygen atoms in total. The van der Waals surface area contributed by atoms with Gasteiger partial charge in [0, 0.05) is 47.0 Å². The number of hydrogen-bond donors (Lipinski definition) is 3. The summed E-state index contributed by atoms with van der Waals surface area (Å²) in [6, 6.07) is 4.97. The predicted molar refractivity (Wildman–Crippen MR) is 116 cm³/mol. The molecular weight excluding hydrogens is 468 g/mol. The van der Waals surface area contributed by atoms with Gasteiger partial charge in [0.05, 0.1) is 6.61 Å². The maximum Gasteiger partial charge on any atom is 0.191 e. The smallest absolute Gasteiger partial charge is 0.191 e. The van der Waals surface area contributed by atoms with Crippen LogP contribution in [0.15, 0.2) is 23.2 Å². The van der Waals surface area contributed by atoms with Gasteiger partial charge in [-0.3, -0.25) is 9.20 Å². The fraction of sp³-hybridized carbons (Fsp3) is 0.611. The van der Waals surface area contributed by atoms with Crippen LogP contribution in [0.2, 0.25) is 0 Å². The molecule has 0 aliphatic heterocycles. The summed E-state index contributed by atoms with van der Waals surface area (Å²) in [6.07, 6.45) is 4.04. The molecular formula is C18H29FIN3O2S. The highest BCUT2D eigenvalue weighted by Crippen LogP contribution is 2.23. The first-order valence-corrected chi connectivity index (χ1v) is 10.2. The Morgan fingerprint density at radius 3 is 2.85 bits per heavy atom. The fourth-order valence-corrected chi connectivity index (χ4v) is 4.53. The van der Waals surface area contributed by atoms with Gasteiger partial charge < -0.3 is 15.7 Å². The zero-order chi connectivity index (χ0) is 18.2. The van der Waals surface area contributed by atoms with Crippen LogP contribution in [0.1, 0.15) is 43.7 Å². The Bertz CT molecular complexity index is 630. The van der Waals surface area contributed by atoms with Crippen LogP contribution < -0.4 is 10.6 Å². The molecule has 1 saturated carbocycles. The van der Waals surface area contributed by atoms with Gasteiger partial charge in [-0.05, 0) is 37.0 Å². The van der Waals surface area contributed by atoms with Crippen LogP contribution in [0.5, 0.6) is 0 Å². The van der Waals surface area contributed by atoms with E-state index in [2.05, 4.69) is 15.6 Å². The van der Waals surface area contributed by atoms with Crippen LogP contribution in [0, 0.1) is 5.82 Å². The van der Waals surface area contributed by atoms with E-state index in [0.717, 1.165) is 31.2 Å². The summed E-state index contributed by atoms with van der Waals surface area (Å²) in [7, 11) is 0.962. The van der Waals surface area contributed by atoms with Crippen molar-refractivity contribution in [1.82, 2.24) is 10.6 Å². The first-order valence-electron chi connectivity index (χ1n) is 8.79. The molecule has 1 aromatic rings. The largest absolute Gasteiger partial charge is 0.392 e. The van der Waals surface area contributed by atoms with E-state index in [4.69, 9.17) is 5.11 Å². The van der Waals surface area contributed by atoms with Gasteiger partial charge in [-0.25, -0.2) is 4.39 Å². The van der Waals surface area contributed by atoms with Crippen LogP contribution in [-0.4, -0.2) is 39.4 Å². The number of aliphatic hydroxyl groups is 1. The summed E-state index contributed by atoms with van der Waals surface area (Å²) in [5.74, 6) is 0.996. The Labute approximate surface area is 174 Å². The zero-order valence-corrected chi connectivity index (χ0v) is 18.5. The number of aliphatic imine (C=N–C) groups is 1. The highest BCUT2D eigenvalue weighted by molar-refractivity contribution is 14.0. The van der Waals surface area contributed by atoms with Gasteiger partial charge in [0.2, 0.25) is 0 Å². The van der Waals surface area contributed by atoms with E-state index in [1.807, 2.05) is 6.92 Å². The minimum Gasteiger partial charge on any atom is -0.392 e. The summed E-state index contributed by atoms with van der Waals surface area (Å²) >= 11 is 0. The lowest BCUT2D eigenvalue weighted by Gasteiger charge is -2.30. The highest BCUT2D eigenvalue weighted by atomic mass is 127. The van der Waals surface area contributed by atoms with Crippen LogP contribution in [0.25, 0.3) is 0 Å². The van der Waals surface area contributed by atoms with Crippen LogP contribution in [-0.2, 0) is 24.0 Å². The van der Waals surface area contributed by atoms with Crippen molar-refractivity contribution in [2.75, 3.05) is 12.8 Å². The predicted octanol–water partition coefficient (Wildman–Crippen LogP) is 2.68. The zero-order valence-electron chi connectivity index (χ0n) is 15.3. The average molecular weight is 497 g/mol. The van der Waals surface area contributed by atoms with E-state index < -0.39 is 16.6 Å². The second-order valence-electron chi connectivity index (χ2n) is 6.31. The third-order valence-electron chi connectivity index (χ3n) is 4.59. The molecule has 1 fully saturated rings. The lowest BCUT2D eigenvalue weighted by molar-refractivity contribution is 0.275. The molecule has 3 atom stereocenters. The molecule has 1 aromatic carbocycles.